The number of benzene rings is 1. The molecule has 1 aromatic rings. The van der Waals surface area contributed by atoms with Gasteiger partial charge in [-0.3, -0.25) is 4.79 Å². The van der Waals surface area contributed by atoms with E-state index in [1.165, 1.54) is 5.56 Å². The lowest BCUT2D eigenvalue weighted by molar-refractivity contribution is -0.137. The zero-order valence-electron chi connectivity index (χ0n) is 16.5. The lowest BCUT2D eigenvalue weighted by atomic mass is 9.87. The van der Waals surface area contributed by atoms with E-state index in [4.69, 9.17) is 5.11 Å². The van der Waals surface area contributed by atoms with E-state index in [2.05, 4.69) is 0 Å². The Labute approximate surface area is 167 Å². The molecule has 1 aliphatic carbocycles. The number of aliphatic carboxylic acids is 1. The van der Waals surface area contributed by atoms with Crippen LogP contribution in [0.25, 0.3) is 0 Å². The second kappa shape index (κ2) is 12.0. The van der Waals surface area contributed by atoms with E-state index in [-0.39, 0.29) is 18.3 Å². The molecule has 2 rings (SSSR count). The number of aryl methyl sites for hydroxylation is 1. The summed E-state index contributed by atoms with van der Waals surface area (Å²) in [5.41, 5.74) is 1.19. The largest absolute Gasteiger partial charge is 0.481 e. The third-order valence-electron chi connectivity index (χ3n) is 5.72. The molecule has 0 amide bonds. The van der Waals surface area contributed by atoms with Crippen LogP contribution in [0.1, 0.15) is 56.9 Å². The molecule has 0 saturated heterocycles. The first kappa shape index (κ1) is 22.6. The molecule has 156 valence electrons. The summed E-state index contributed by atoms with van der Waals surface area (Å²) in [7, 11) is 0. The Hall–Kier alpha value is -1.69. The lowest BCUT2D eigenvalue weighted by Gasteiger charge is -2.21. The zero-order chi connectivity index (χ0) is 20.4. The Balaban J connectivity index is 1.76. The predicted octanol–water partition coefficient (Wildman–Crippen LogP) is 3.32. The monoisotopic (exact) mass is 390 g/mol. The molecule has 1 aliphatic rings. The maximum atomic E-state index is 10.5. The van der Waals surface area contributed by atoms with Gasteiger partial charge in [0.1, 0.15) is 0 Å². The summed E-state index contributed by atoms with van der Waals surface area (Å²) in [6.45, 7) is 0. The molecule has 0 heterocycles. The van der Waals surface area contributed by atoms with Crippen LogP contribution >= 0.6 is 0 Å². The van der Waals surface area contributed by atoms with Crippen LogP contribution in [0, 0.1) is 11.8 Å². The van der Waals surface area contributed by atoms with Crippen LogP contribution in [-0.2, 0) is 11.2 Å². The van der Waals surface area contributed by atoms with E-state index in [1.54, 1.807) is 6.08 Å². The number of rotatable bonds is 12. The Bertz CT molecular complexity index is 600. The minimum absolute atomic E-state index is 0.00736. The number of aliphatic hydroxyl groups excluding tert-OH is 3. The number of carboxylic acids is 1. The fourth-order valence-electron chi connectivity index (χ4n) is 4.10. The van der Waals surface area contributed by atoms with Gasteiger partial charge in [-0.15, -0.1) is 0 Å². The molecule has 4 N–H and O–H groups in total. The van der Waals surface area contributed by atoms with Gasteiger partial charge in [0.15, 0.2) is 0 Å². The van der Waals surface area contributed by atoms with E-state index in [0.29, 0.717) is 19.3 Å². The molecular formula is C23H34O5. The van der Waals surface area contributed by atoms with Crippen LogP contribution in [0.15, 0.2) is 42.5 Å². The van der Waals surface area contributed by atoms with Gasteiger partial charge in [-0.05, 0) is 37.2 Å². The number of hydrogen-bond donors (Lipinski definition) is 4. The quantitative estimate of drug-likeness (QED) is 0.324. The number of aliphatic hydroxyl groups is 3. The molecule has 0 radical (unpaired) electrons. The maximum Gasteiger partial charge on any atom is 0.303 e. The first-order chi connectivity index (χ1) is 13.5. The molecule has 28 heavy (non-hydrogen) atoms. The summed E-state index contributed by atoms with van der Waals surface area (Å²) in [6.07, 6.45) is 8.17. The van der Waals surface area contributed by atoms with Gasteiger partial charge in [0, 0.05) is 18.8 Å². The molecule has 5 atom stereocenters. The van der Waals surface area contributed by atoms with Crippen molar-refractivity contribution in [2.24, 2.45) is 11.8 Å². The Morgan fingerprint density at radius 2 is 1.79 bits per heavy atom. The minimum Gasteiger partial charge on any atom is -0.481 e. The third kappa shape index (κ3) is 7.74. The predicted molar refractivity (Wildman–Crippen MR) is 109 cm³/mol. The topological polar surface area (TPSA) is 98.0 Å². The molecule has 5 nitrogen and oxygen atoms in total. The lowest BCUT2D eigenvalue weighted by Crippen LogP contribution is -2.21. The van der Waals surface area contributed by atoms with Gasteiger partial charge in [0.05, 0.1) is 18.3 Å². The van der Waals surface area contributed by atoms with Gasteiger partial charge in [-0.1, -0.05) is 61.7 Å². The summed E-state index contributed by atoms with van der Waals surface area (Å²) in [5.74, 6) is -0.905. The number of unbranched alkanes of at least 4 members (excludes halogenated alkanes) is 3. The van der Waals surface area contributed by atoms with Gasteiger partial charge in [-0.2, -0.15) is 0 Å². The van der Waals surface area contributed by atoms with Crippen molar-refractivity contribution in [2.75, 3.05) is 0 Å². The van der Waals surface area contributed by atoms with Gasteiger partial charge in [0.2, 0.25) is 0 Å². The first-order valence-corrected chi connectivity index (χ1v) is 10.5. The van der Waals surface area contributed by atoms with Crippen molar-refractivity contribution in [3.05, 3.63) is 48.0 Å². The molecule has 0 spiro atoms. The van der Waals surface area contributed by atoms with Gasteiger partial charge in [-0.25, -0.2) is 0 Å². The molecule has 5 heteroatoms. The van der Waals surface area contributed by atoms with Crippen molar-refractivity contribution in [1.82, 2.24) is 0 Å². The maximum absolute atomic E-state index is 10.5. The van der Waals surface area contributed by atoms with Crippen LogP contribution < -0.4 is 0 Å². The molecule has 0 aromatic heterocycles. The number of hydrogen-bond acceptors (Lipinski definition) is 4. The van der Waals surface area contributed by atoms with Crippen molar-refractivity contribution in [3.8, 4) is 0 Å². The van der Waals surface area contributed by atoms with Crippen molar-refractivity contribution < 1.29 is 25.2 Å². The van der Waals surface area contributed by atoms with Crippen molar-refractivity contribution in [2.45, 2.75) is 76.1 Å². The highest BCUT2D eigenvalue weighted by Crippen LogP contribution is 2.37. The summed E-state index contributed by atoms with van der Waals surface area (Å²) in [6, 6.07) is 10.0. The summed E-state index contributed by atoms with van der Waals surface area (Å²) >= 11 is 0. The highest BCUT2D eigenvalue weighted by molar-refractivity contribution is 5.66. The molecule has 0 bridgehead atoms. The Morgan fingerprint density at radius 1 is 1.07 bits per heavy atom. The average Bonchev–Trinajstić information content (AvgIpc) is 2.94. The highest BCUT2D eigenvalue weighted by atomic mass is 16.4. The molecule has 0 aliphatic heterocycles. The van der Waals surface area contributed by atoms with Crippen LogP contribution in [0.3, 0.4) is 0 Å². The summed E-state index contributed by atoms with van der Waals surface area (Å²) in [4.78, 5) is 10.5. The molecule has 1 unspecified atom stereocenters. The van der Waals surface area contributed by atoms with Gasteiger partial charge in [0.25, 0.3) is 0 Å². The van der Waals surface area contributed by atoms with E-state index >= 15 is 0 Å². The second-order valence-corrected chi connectivity index (χ2v) is 7.93. The summed E-state index contributed by atoms with van der Waals surface area (Å²) < 4.78 is 0. The smallest absolute Gasteiger partial charge is 0.303 e. The minimum atomic E-state index is -0.759. The molecule has 1 saturated carbocycles. The number of carbonyl (C=O) groups is 1. The summed E-state index contributed by atoms with van der Waals surface area (Å²) in [5, 5.41) is 39.5. The standard InChI is InChI=1S/C23H34O5/c24-18(13-12-17-8-4-3-5-9-17)14-15-20-19(21(25)16-22(20)26)10-6-1-2-7-11-23(27)28/h3-5,8-9,14-15,18-22,24-26H,1-2,6-7,10-13,16H2,(H,27,28)/b15-14+/t18-,19+,20?,21-,22+/m0/s1. The SMILES string of the molecule is O=C(O)CCCCCC[C@@H]1C(/C=C/[C@@H](O)CCc2ccccc2)[C@H](O)C[C@@H]1O. The van der Waals surface area contributed by atoms with Crippen molar-refractivity contribution in [1.29, 1.82) is 0 Å². The van der Waals surface area contributed by atoms with E-state index in [0.717, 1.165) is 32.1 Å². The second-order valence-electron chi connectivity index (χ2n) is 7.93. The van der Waals surface area contributed by atoms with Gasteiger partial charge < -0.3 is 20.4 Å². The van der Waals surface area contributed by atoms with Crippen molar-refractivity contribution in [3.63, 3.8) is 0 Å². The van der Waals surface area contributed by atoms with Crippen molar-refractivity contribution >= 4 is 5.97 Å². The van der Waals surface area contributed by atoms with Crippen LogP contribution in [0.2, 0.25) is 0 Å². The average molecular weight is 391 g/mol. The van der Waals surface area contributed by atoms with Gasteiger partial charge >= 0.3 is 5.97 Å². The highest BCUT2D eigenvalue weighted by Gasteiger charge is 2.39. The normalized spacial score (nSPS) is 26.0. The van der Waals surface area contributed by atoms with Crippen LogP contribution in [0.4, 0.5) is 0 Å². The van der Waals surface area contributed by atoms with Crippen LogP contribution in [0.5, 0.6) is 0 Å². The fraction of sp³-hybridized carbons (Fsp3) is 0.609. The van der Waals surface area contributed by atoms with E-state index in [9.17, 15) is 20.1 Å². The van der Waals surface area contributed by atoms with E-state index < -0.39 is 24.3 Å². The van der Waals surface area contributed by atoms with E-state index in [1.807, 2.05) is 36.4 Å². The Morgan fingerprint density at radius 3 is 2.50 bits per heavy atom. The molecular weight excluding hydrogens is 356 g/mol. The fourth-order valence-corrected chi connectivity index (χ4v) is 4.10. The first-order valence-electron chi connectivity index (χ1n) is 10.5. The molecule has 1 fully saturated rings. The Kier molecular flexibility index (Phi) is 9.68. The zero-order valence-corrected chi connectivity index (χ0v) is 16.5. The third-order valence-corrected chi connectivity index (χ3v) is 5.72. The number of carboxylic acid groups (broad SMARTS) is 1. The molecule has 1 aromatic carbocycles. The van der Waals surface area contributed by atoms with Crippen LogP contribution in [-0.4, -0.2) is 44.7 Å².